The lowest BCUT2D eigenvalue weighted by Gasteiger charge is -2.59. The van der Waals surface area contributed by atoms with Crippen molar-refractivity contribution in [1.29, 1.82) is 0 Å². The van der Waals surface area contributed by atoms with Crippen LogP contribution >= 0.6 is 11.6 Å². The summed E-state index contributed by atoms with van der Waals surface area (Å²) in [5, 5.41) is 22.6. The van der Waals surface area contributed by atoms with E-state index in [-0.39, 0.29) is 64.7 Å². The molecule has 266 valence electrons. The maximum absolute atomic E-state index is 13.3. The van der Waals surface area contributed by atoms with Crippen LogP contribution in [0.5, 0.6) is 11.5 Å². The summed E-state index contributed by atoms with van der Waals surface area (Å²) in [5.74, 6) is -3.63. The molecule has 0 unspecified atom stereocenters. The molecule has 5 aliphatic rings. The van der Waals surface area contributed by atoms with Crippen molar-refractivity contribution in [2.75, 3.05) is 21.3 Å². The average molecular weight is 697 g/mol. The van der Waals surface area contributed by atoms with Gasteiger partial charge in [0.05, 0.1) is 73.8 Å². The van der Waals surface area contributed by atoms with Crippen LogP contribution in [-0.4, -0.2) is 84.3 Å². The van der Waals surface area contributed by atoms with Crippen molar-refractivity contribution < 1.29 is 62.5 Å². The van der Waals surface area contributed by atoms with E-state index in [4.69, 9.17) is 49.5 Å². The van der Waals surface area contributed by atoms with E-state index in [2.05, 4.69) is 0 Å². The standard InChI is InChI=1S/C34H45ClO13/c1-15-11-16(12-20(36)41-6)46-30(45-15)22-21-23(28(40)47-29(21)43-8)25(42-7)17(24(22)37)14-44-33(5)13-19-34(48-19)31(2,3)18(35)9-10-32(34,4)26(33)27(38)39/h15-16,18-19,26,29-30,37H,9-14H2,1-8H3,(H,38,39)/t15-,16-,18-,19-,26+,29-,30-,32+,33+,34+/m0/s1. The van der Waals surface area contributed by atoms with Crippen molar-refractivity contribution in [2.24, 2.45) is 16.7 Å². The van der Waals surface area contributed by atoms with Gasteiger partial charge in [-0.15, -0.1) is 11.6 Å². The van der Waals surface area contributed by atoms with E-state index in [0.717, 1.165) is 0 Å². The molecule has 2 N–H and O–H groups in total. The largest absolute Gasteiger partial charge is 0.507 e. The van der Waals surface area contributed by atoms with Crippen LogP contribution in [0, 0.1) is 16.7 Å². The molecule has 6 rings (SSSR count). The lowest BCUT2D eigenvalue weighted by atomic mass is 9.45. The minimum absolute atomic E-state index is 0.00651. The molecule has 3 aliphatic heterocycles. The number of hydrogen-bond acceptors (Lipinski definition) is 12. The van der Waals surface area contributed by atoms with E-state index in [0.29, 0.717) is 19.3 Å². The zero-order chi connectivity index (χ0) is 35.1. The van der Waals surface area contributed by atoms with Crippen LogP contribution in [0.25, 0.3) is 0 Å². The zero-order valence-corrected chi connectivity index (χ0v) is 29.3. The highest BCUT2D eigenvalue weighted by Gasteiger charge is 2.83. The third-order valence-electron chi connectivity index (χ3n) is 11.7. The number of carbonyl (C=O) groups excluding carboxylic acids is 2. The average Bonchev–Trinajstić information content (AvgIpc) is 3.67. The fourth-order valence-corrected chi connectivity index (χ4v) is 9.76. The summed E-state index contributed by atoms with van der Waals surface area (Å²) in [6, 6.07) is 0. The first-order valence-electron chi connectivity index (χ1n) is 16.3. The molecule has 48 heavy (non-hydrogen) atoms. The number of phenolic OH excluding ortho intramolecular Hbond substituents is 1. The molecule has 10 atom stereocenters. The zero-order valence-electron chi connectivity index (χ0n) is 28.5. The fraction of sp³-hybridized carbons (Fsp3) is 0.735. The number of aromatic hydroxyl groups is 1. The molecule has 13 nitrogen and oxygen atoms in total. The Bertz CT molecular complexity index is 1510. The summed E-state index contributed by atoms with van der Waals surface area (Å²) in [7, 11) is 3.97. The van der Waals surface area contributed by atoms with E-state index in [1.165, 1.54) is 21.3 Å². The number of aliphatic carboxylic acids is 1. The second kappa shape index (κ2) is 12.0. The maximum atomic E-state index is 13.3. The number of carbonyl (C=O) groups is 3. The number of phenols is 1. The number of epoxide rings is 1. The predicted molar refractivity (Wildman–Crippen MR) is 167 cm³/mol. The maximum Gasteiger partial charge on any atom is 0.345 e. The van der Waals surface area contributed by atoms with Crippen molar-refractivity contribution in [3.05, 3.63) is 22.3 Å². The second-order valence-corrected chi connectivity index (χ2v) is 15.2. The number of methoxy groups -OCH3 is 3. The Hall–Kier alpha value is -2.68. The van der Waals surface area contributed by atoms with Crippen LogP contribution in [-0.2, 0) is 49.4 Å². The first-order valence-corrected chi connectivity index (χ1v) is 16.7. The van der Waals surface area contributed by atoms with Crippen molar-refractivity contribution in [2.45, 2.75) is 121 Å². The van der Waals surface area contributed by atoms with Crippen LogP contribution in [0.2, 0.25) is 0 Å². The summed E-state index contributed by atoms with van der Waals surface area (Å²) < 4.78 is 46.9. The van der Waals surface area contributed by atoms with Crippen LogP contribution in [0.4, 0.5) is 0 Å². The third-order valence-corrected chi connectivity index (χ3v) is 12.4. The number of benzene rings is 1. The number of halogens is 1. The normalized spacial score (nSPS) is 39.4. The molecule has 2 aliphatic carbocycles. The molecule has 0 amide bonds. The summed E-state index contributed by atoms with van der Waals surface area (Å²) in [6.45, 7) is 9.24. The van der Waals surface area contributed by atoms with Gasteiger partial charge in [0.15, 0.2) is 6.29 Å². The predicted octanol–water partition coefficient (Wildman–Crippen LogP) is 4.92. The number of cyclic esters (lactones) is 1. The van der Waals surface area contributed by atoms with Crippen molar-refractivity contribution in [3.63, 3.8) is 0 Å². The number of ether oxygens (including phenoxy) is 8. The lowest BCUT2D eigenvalue weighted by molar-refractivity contribution is -0.246. The Balaban J connectivity index is 1.41. The number of esters is 2. The summed E-state index contributed by atoms with van der Waals surface area (Å²) >= 11 is 6.81. The van der Waals surface area contributed by atoms with Crippen molar-refractivity contribution >= 4 is 29.5 Å². The molecule has 3 heterocycles. The molecular weight excluding hydrogens is 652 g/mol. The Morgan fingerprint density at radius 3 is 2.42 bits per heavy atom. The Morgan fingerprint density at radius 2 is 1.79 bits per heavy atom. The van der Waals surface area contributed by atoms with Crippen LogP contribution in [0.15, 0.2) is 0 Å². The number of carboxylic acids is 1. The summed E-state index contributed by atoms with van der Waals surface area (Å²) in [6.07, 6.45) is -2.03. The molecule has 4 fully saturated rings. The van der Waals surface area contributed by atoms with Gasteiger partial charge in [0.25, 0.3) is 0 Å². The van der Waals surface area contributed by atoms with Gasteiger partial charge in [-0.3, -0.25) is 9.59 Å². The molecule has 1 spiro atoms. The number of carboxylic acid groups (broad SMARTS) is 1. The Morgan fingerprint density at radius 1 is 1.08 bits per heavy atom. The van der Waals surface area contributed by atoms with Crippen LogP contribution in [0.1, 0.15) is 106 Å². The quantitative estimate of drug-likeness (QED) is 0.203. The van der Waals surface area contributed by atoms with Gasteiger partial charge < -0.3 is 48.1 Å². The first-order chi connectivity index (χ1) is 22.5. The molecule has 2 saturated carbocycles. The number of alkyl halides is 1. The van der Waals surface area contributed by atoms with Gasteiger partial charge in [-0.2, -0.15) is 0 Å². The van der Waals surface area contributed by atoms with E-state index < -0.39 is 70.6 Å². The molecule has 0 bridgehead atoms. The number of hydrogen-bond donors (Lipinski definition) is 2. The van der Waals surface area contributed by atoms with Crippen LogP contribution in [0.3, 0.4) is 0 Å². The third kappa shape index (κ3) is 4.94. The van der Waals surface area contributed by atoms with Crippen LogP contribution < -0.4 is 4.74 Å². The SMILES string of the molecule is COC(=O)C[C@@H]1C[C@H](C)O[C@H](c2c(O)c(CO[C@]3(C)C[C@@H]4O[C@@]45C(C)(C)[C@@H](Cl)CC[C@]5(C)[C@H]3C(=O)O)c(OC)c3c2[C@@H](OC)OC3=O)O1. The van der Waals surface area contributed by atoms with Gasteiger partial charge in [-0.1, -0.05) is 20.8 Å². The summed E-state index contributed by atoms with van der Waals surface area (Å²) in [4.78, 5) is 38.6. The first kappa shape index (κ1) is 35.2. The lowest BCUT2D eigenvalue weighted by Crippen LogP contribution is -2.68. The van der Waals surface area contributed by atoms with E-state index in [9.17, 15) is 24.6 Å². The van der Waals surface area contributed by atoms with Crippen molar-refractivity contribution in [1.82, 2.24) is 0 Å². The highest BCUT2D eigenvalue weighted by atomic mass is 35.5. The molecular formula is C34H45ClO13. The van der Waals surface area contributed by atoms with E-state index in [1.54, 1.807) is 13.8 Å². The Labute approximate surface area is 284 Å². The van der Waals surface area contributed by atoms with E-state index in [1.807, 2.05) is 20.8 Å². The highest BCUT2D eigenvalue weighted by molar-refractivity contribution is 6.21. The molecule has 0 radical (unpaired) electrons. The summed E-state index contributed by atoms with van der Waals surface area (Å²) in [5.41, 5.74) is -3.01. The van der Waals surface area contributed by atoms with Gasteiger partial charge in [0, 0.05) is 36.2 Å². The van der Waals surface area contributed by atoms with Crippen molar-refractivity contribution in [3.8, 4) is 11.5 Å². The van der Waals surface area contributed by atoms with Gasteiger partial charge in [-0.25, -0.2) is 4.79 Å². The minimum Gasteiger partial charge on any atom is -0.507 e. The van der Waals surface area contributed by atoms with Gasteiger partial charge in [0.1, 0.15) is 22.7 Å². The topological polar surface area (TPSA) is 169 Å². The molecule has 2 saturated heterocycles. The minimum atomic E-state index is -1.26. The number of fused-ring (bicyclic) bond motifs is 1. The van der Waals surface area contributed by atoms with E-state index >= 15 is 0 Å². The second-order valence-electron chi connectivity index (χ2n) is 14.7. The molecule has 0 aromatic heterocycles. The fourth-order valence-electron chi connectivity index (χ4n) is 9.49. The highest BCUT2D eigenvalue weighted by Crippen LogP contribution is 2.75. The Kier molecular flexibility index (Phi) is 8.77. The molecule has 14 heteroatoms. The van der Waals surface area contributed by atoms with Gasteiger partial charge in [0.2, 0.25) is 6.29 Å². The van der Waals surface area contributed by atoms with Gasteiger partial charge in [-0.05, 0) is 26.7 Å². The smallest absolute Gasteiger partial charge is 0.345 e. The molecule has 1 aromatic carbocycles. The monoisotopic (exact) mass is 696 g/mol. The number of rotatable bonds is 9. The molecule has 1 aromatic rings. The van der Waals surface area contributed by atoms with Gasteiger partial charge >= 0.3 is 17.9 Å².